The minimum absolute atomic E-state index is 0.0266. The van der Waals surface area contributed by atoms with Crippen molar-refractivity contribution in [3.05, 3.63) is 0 Å². The van der Waals surface area contributed by atoms with E-state index in [2.05, 4.69) is 0 Å². The molecule has 0 aromatic heterocycles. The fourth-order valence-corrected chi connectivity index (χ4v) is 2.34. The lowest BCUT2D eigenvalue weighted by Gasteiger charge is -2.19. The van der Waals surface area contributed by atoms with Gasteiger partial charge < -0.3 is 9.84 Å². The number of ether oxygens (including phenoxy) is 1. The number of hydrogen-bond donors (Lipinski definition) is 1. The van der Waals surface area contributed by atoms with Crippen molar-refractivity contribution in [3.8, 4) is 0 Å². The molecule has 1 N–H and O–H groups in total. The number of aliphatic hydroxyl groups excluding tert-OH is 1. The molecule has 1 unspecified atom stereocenters. The van der Waals surface area contributed by atoms with Gasteiger partial charge in [-0.1, -0.05) is 19.3 Å². The maximum absolute atomic E-state index is 9.84. The van der Waals surface area contributed by atoms with Crippen molar-refractivity contribution in [2.45, 2.75) is 57.2 Å². The third-order valence-electron chi connectivity index (χ3n) is 3.38. The van der Waals surface area contributed by atoms with Crippen molar-refractivity contribution < 1.29 is 9.84 Å². The molecule has 2 aliphatic rings. The van der Waals surface area contributed by atoms with Crippen molar-refractivity contribution in [1.82, 2.24) is 0 Å². The maximum atomic E-state index is 9.84. The van der Waals surface area contributed by atoms with Gasteiger partial charge in [0.05, 0.1) is 18.8 Å². The Labute approximate surface area is 80.3 Å². The summed E-state index contributed by atoms with van der Waals surface area (Å²) in [6.45, 7) is 0.961. The Morgan fingerprint density at radius 2 is 1.85 bits per heavy atom. The number of epoxide rings is 1. The zero-order chi connectivity index (χ0) is 9.10. The monoisotopic (exact) mass is 184 g/mol. The van der Waals surface area contributed by atoms with Gasteiger partial charge in [0.25, 0.3) is 0 Å². The standard InChI is InChI=1S/C11H20O2/c12-11-5-3-1-2-4-9(11)6-7-10-8-13-10/h9-12H,1-8H2/t9-,10?,11+/m0/s1. The van der Waals surface area contributed by atoms with Gasteiger partial charge in [0, 0.05) is 0 Å². The average molecular weight is 184 g/mol. The molecule has 2 heteroatoms. The lowest BCUT2D eigenvalue weighted by atomic mass is 9.92. The van der Waals surface area contributed by atoms with E-state index in [4.69, 9.17) is 4.74 Å². The summed E-state index contributed by atoms with van der Waals surface area (Å²) in [5.41, 5.74) is 0. The van der Waals surface area contributed by atoms with E-state index in [9.17, 15) is 5.11 Å². The van der Waals surface area contributed by atoms with Crippen molar-refractivity contribution in [1.29, 1.82) is 0 Å². The van der Waals surface area contributed by atoms with Crippen LogP contribution in [-0.4, -0.2) is 23.9 Å². The van der Waals surface area contributed by atoms with Gasteiger partial charge in [-0.15, -0.1) is 0 Å². The van der Waals surface area contributed by atoms with Crippen molar-refractivity contribution in [2.75, 3.05) is 6.61 Å². The fourth-order valence-electron chi connectivity index (χ4n) is 2.34. The second-order valence-electron chi connectivity index (χ2n) is 4.50. The van der Waals surface area contributed by atoms with Gasteiger partial charge in [0.2, 0.25) is 0 Å². The summed E-state index contributed by atoms with van der Waals surface area (Å²) in [4.78, 5) is 0. The Bertz CT molecular complexity index is 154. The predicted molar refractivity (Wildman–Crippen MR) is 51.6 cm³/mol. The molecule has 0 radical (unpaired) electrons. The summed E-state index contributed by atoms with van der Waals surface area (Å²) in [6, 6.07) is 0. The van der Waals surface area contributed by atoms with Crippen LogP contribution in [0.15, 0.2) is 0 Å². The minimum atomic E-state index is -0.0266. The molecular formula is C11H20O2. The first-order valence-electron chi connectivity index (χ1n) is 5.66. The van der Waals surface area contributed by atoms with Crippen molar-refractivity contribution in [2.24, 2.45) is 5.92 Å². The van der Waals surface area contributed by atoms with E-state index in [1.807, 2.05) is 0 Å². The molecule has 13 heavy (non-hydrogen) atoms. The summed E-state index contributed by atoms with van der Waals surface area (Å²) in [5.74, 6) is 0.562. The molecule has 0 spiro atoms. The van der Waals surface area contributed by atoms with Crippen LogP contribution in [0.5, 0.6) is 0 Å². The lowest BCUT2D eigenvalue weighted by Crippen LogP contribution is -2.19. The van der Waals surface area contributed by atoms with Crippen LogP contribution in [0.2, 0.25) is 0 Å². The molecule has 0 amide bonds. The quantitative estimate of drug-likeness (QED) is 0.538. The van der Waals surface area contributed by atoms with E-state index in [1.54, 1.807) is 0 Å². The molecular weight excluding hydrogens is 164 g/mol. The van der Waals surface area contributed by atoms with Crippen LogP contribution < -0.4 is 0 Å². The molecule has 0 aromatic rings. The molecule has 1 saturated carbocycles. The minimum Gasteiger partial charge on any atom is -0.393 e. The normalized spacial score (nSPS) is 39.9. The first-order valence-corrected chi connectivity index (χ1v) is 5.66. The van der Waals surface area contributed by atoms with Crippen LogP contribution in [0.1, 0.15) is 44.9 Å². The molecule has 1 aliphatic heterocycles. The summed E-state index contributed by atoms with van der Waals surface area (Å²) >= 11 is 0. The molecule has 0 bridgehead atoms. The zero-order valence-corrected chi connectivity index (χ0v) is 8.24. The van der Waals surface area contributed by atoms with E-state index in [0.29, 0.717) is 12.0 Å². The van der Waals surface area contributed by atoms with Gasteiger partial charge in [-0.2, -0.15) is 0 Å². The largest absolute Gasteiger partial charge is 0.393 e. The van der Waals surface area contributed by atoms with E-state index < -0.39 is 0 Å². The van der Waals surface area contributed by atoms with Gasteiger partial charge in [0.1, 0.15) is 0 Å². The van der Waals surface area contributed by atoms with Crippen LogP contribution in [0.25, 0.3) is 0 Å². The van der Waals surface area contributed by atoms with Crippen LogP contribution in [0.3, 0.4) is 0 Å². The summed E-state index contributed by atoms with van der Waals surface area (Å²) in [7, 11) is 0. The fraction of sp³-hybridized carbons (Fsp3) is 1.00. The maximum Gasteiger partial charge on any atom is 0.0810 e. The first-order chi connectivity index (χ1) is 6.36. The van der Waals surface area contributed by atoms with E-state index >= 15 is 0 Å². The van der Waals surface area contributed by atoms with Crippen molar-refractivity contribution in [3.63, 3.8) is 0 Å². The van der Waals surface area contributed by atoms with Gasteiger partial charge in [-0.3, -0.25) is 0 Å². The van der Waals surface area contributed by atoms with Gasteiger partial charge in [-0.05, 0) is 31.6 Å². The first kappa shape index (κ1) is 9.47. The van der Waals surface area contributed by atoms with E-state index in [1.165, 1.54) is 38.5 Å². The molecule has 2 rings (SSSR count). The summed E-state index contributed by atoms with van der Waals surface area (Å²) < 4.78 is 5.18. The highest BCUT2D eigenvalue weighted by Gasteiger charge is 2.27. The van der Waals surface area contributed by atoms with Crippen molar-refractivity contribution >= 4 is 0 Å². The molecule has 1 heterocycles. The van der Waals surface area contributed by atoms with E-state index in [-0.39, 0.29) is 6.10 Å². The number of hydrogen-bond acceptors (Lipinski definition) is 2. The van der Waals surface area contributed by atoms with Gasteiger partial charge in [-0.25, -0.2) is 0 Å². The second-order valence-corrected chi connectivity index (χ2v) is 4.50. The van der Waals surface area contributed by atoms with Crippen LogP contribution in [0.4, 0.5) is 0 Å². The molecule has 0 aromatic carbocycles. The molecule has 76 valence electrons. The summed E-state index contributed by atoms with van der Waals surface area (Å²) in [6.07, 6.45) is 8.95. The second kappa shape index (κ2) is 4.43. The Morgan fingerprint density at radius 1 is 1.08 bits per heavy atom. The van der Waals surface area contributed by atoms with Crippen LogP contribution in [0, 0.1) is 5.92 Å². The molecule has 2 nitrogen and oxygen atoms in total. The Hall–Kier alpha value is -0.0800. The van der Waals surface area contributed by atoms with Gasteiger partial charge in [0.15, 0.2) is 0 Å². The Morgan fingerprint density at radius 3 is 2.62 bits per heavy atom. The molecule has 3 atom stereocenters. The SMILES string of the molecule is O[C@@H]1CCCCC[C@H]1CCC1CO1. The molecule has 1 aliphatic carbocycles. The highest BCUT2D eigenvalue weighted by Crippen LogP contribution is 2.29. The highest BCUT2D eigenvalue weighted by atomic mass is 16.6. The summed E-state index contributed by atoms with van der Waals surface area (Å²) in [5, 5.41) is 9.84. The average Bonchev–Trinajstić information content (AvgIpc) is 2.90. The zero-order valence-electron chi connectivity index (χ0n) is 8.24. The number of aliphatic hydroxyl groups is 1. The Balaban J connectivity index is 1.72. The predicted octanol–water partition coefficient (Wildman–Crippen LogP) is 2.11. The third kappa shape index (κ3) is 2.96. The third-order valence-corrected chi connectivity index (χ3v) is 3.38. The number of rotatable bonds is 3. The lowest BCUT2D eigenvalue weighted by molar-refractivity contribution is 0.0932. The van der Waals surface area contributed by atoms with Gasteiger partial charge >= 0.3 is 0 Å². The topological polar surface area (TPSA) is 32.8 Å². The Kier molecular flexibility index (Phi) is 3.23. The molecule has 1 saturated heterocycles. The van der Waals surface area contributed by atoms with Crippen LogP contribution >= 0.6 is 0 Å². The van der Waals surface area contributed by atoms with E-state index in [0.717, 1.165) is 13.0 Å². The smallest absolute Gasteiger partial charge is 0.0810 e. The molecule has 2 fully saturated rings. The highest BCUT2D eigenvalue weighted by molar-refractivity contribution is 4.77. The van der Waals surface area contributed by atoms with Crippen LogP contribution in [-0.2, 0) is 4.74 Å².